The van der Waals surface area contributed by atoms with Crippen LogP contribution in [0.1, 0.15) is 66.4 Å². The molecule has 3 heteroatoms. The largest absolute Gasteiger partial charge is 0.322 e. The van der Waals surface area contributed by atoms with Crippen LogP contribution in [0.25, 0.3) is 0 Å². The molecular weight excluding hydrogens is 332 g/mol. The fourth-order valence-electron chi connectivity index (χ4n) is 4.92. The zero-order chi connectivity index (χ0) is 18.8. The number of carbonyl (C=O) groups is 1. The number of anilines is 1. The van der Waals surface area contributed by atoms with Gasteiger partial charge in [-0.15, -0.1) is 0 Å². The van der Waals surface area contributed by atoms with Gasteiger partial charge in [-0.1, -0.05) is 30.3 Å². The molecule has 2 fully saturated rings. The molecule has 0 radical (unpaired) electrons. The van der Waals surface area contributed by atoms with E-state index in [1.54, 1.807) is 0 Å². The van der Waals surface area contributed by atoms with E-state index in [9.17, 15) is 4.79 Å². The molecule has 1 heterocycles. The van der Waals surface area contributed by atoms with Gasteiger partial charge in [0.15, 0.2) is 0 Å². The average Bonchev–Trinajstić information content (AvgIpc) is 3.31. The molecule has 4 rings (SSSR count). The lowest BCUT2D eigenvalue weighted by Crippen LogP contribution is -2.35. The fraction of sp³-hybridized carbons (Fsp3) is 0.458. The van der Waals surface area contributed by atoms with Gasteiger partial charge in [0.25, 0.3) is 5.91 Å². The SMILES string of the molecule is Cc1ccccc1C(=O)Nc1ccc(C2CCC(N3CCCC3C)C2)cc1. The van der Waals surface area contributed by atoms with E-state index >= 15 is 0 Å². The highest BCUT2D eigenvalue weighted by atomic mass is 16.1. The third kappa shape index (κ3) is 3.93. The normalized spacial score (nSPS) is 25.6. The van der Waals surface area contributed by atoms with Crippen molar-refractivity contribution in [2.45, 2.75) is 64.0 Å². The Balaban J connectivity index is 1.38. The Bertz CT molecular complexity index is 798. The maximum atomic E-state index is 12.5. The van der Waals surface area contributed by atoms with Gasteiger partial charge in [-0.2, -0.15) is 0 Å². The van der Waals surface area contributed by atoms with Gasteiger partial charge >= 0.3 is 0 Å². The molecule has 0 bridgehead atoms. The summed E-state index contributed by atoms with van der Waals surface area (Å²) in [5, 5.41) is 3.03. The molecule has 3 nitrogen and oxygen atoms in total. The van der Waals surface area contributed by atoms with Gasteiger partial charge in [0.2, 0.25) is 0 Å². The summed E-state index contributed by atoms with van der Waals surface area (Å²) in [5.74, 6) is 0.619. The van der Waals surface area contributed by atoms with Crippen molar-refractivity contribution in [2.24, 2.45) is 0 Å². The van der Waals surface area contributed by atoms with Gasteiger partial charge in [0.05, 0.1) is 0 Å². The standard InChI is InChI=1S/C24H30N2O/c1-17-6-3-4-8-23(17)24(27)25-21-12-9-19(10-13-21)20-11-14-22(16-20)26-15-5-7-18(26)2/h3-4,6,8-10,12-13,18,20,22H,5,7,11,14-16H2,1-2H3,(H,25,27). The summed E-state index contributed by atoms with van der Waals surface area (Å²) in [5.41, 5.74) is 4.02. The molecule has 0 spiro atoms. The van der Waals surface area contributed by atoms with Crippen molar-refractivity contribution >= 4 is 11.6 Å². The summed E-state index contributed by atoms with van der Waals surface area (Å²) in [6, 6.07) is 17.7. The number of hydrogen-bond acceptors (Lipinski definition) is 2. The van der Waals surface area contributed by atoms with Crippen LogP contribution in [-0.2, 0) is 0 Å². The van der Waals surface area contributed by atoms with Crippen LogP contribution in [0.5, 0.6) is 0 Å². The van der Waals surface area contributed by atoms with E-state index in [2.05, 4.69) is 41.4 Å². The molecule has 3 unspecified atom stereocenters. The predicted octanol–water partition coefficient (Wildman–Crippen LogP) is 5.37. The molecule has 0 aromatic heterocycles. The highest BCUT2D eigenvalue weighted by Crippen LogP contribution is 2.39. The predicted molar refractivity (Wildman–Crippen MR) is 111 cm³/mol. The number of nitrogens with zero attached hydrogens (tertiary/aromatic N) is 1. The Morgan fingerprint density at radius 2 is 1.81 bits per heavy atom. The van der Waals surface area contributed by atoms with E-state index in [-0.39, 0.29) is 5.91 Å². The smallest absolute Gasteiger partial charge is 0.255 e. The molecule has 1 saturated heterocycles. The lowest BCUT2D eigenvalue weighted by molar-refractivity contribution is 0.102. The van der Waals surface area contributed by atoms with Crippen LogP contribution in [0.15, 0.2) is 48.5 Å². The van der Waals surface area contributed by atoms with E-state index in [4.69, 9.17) is 0 Å². The Labute approximate surface area is 162 Å². The van der Waals surface area contributed by atoms with Crippen molar-refractivity contribution in [1.29, 1.82) is 0 Å². The summed E-state index contributed by atoms with van der Waals surface area (Å²) in [6.45, 7) is 5.63. The summed E-state index contributed by atoms with van der Waals surface area (Å²) in [4.78, 5) is 15.2. The Morgan fingerprint density at radius 1 is 1.04 bits per heavy atom. The van der Waals surface area contributed by atoms with Crippen LogP contribution in [0.2, 0.25) is 0 Å². The van der Waals surface area contributed by atoms with Crippen LogP contribution in [0.3, 0.4) is 0 Å². The summed E-state index contributed by atoms with van der Waals surface area (Å²) in [7, 11) is 0. The number of amides is 1. The summed E-state index contributed by atoms with van der Waals surface area (Å²) >= 11 is 0. The van der Waals surface area contributed by atoms with Crippen LogP contribution < -0.4 is 5.32 Å². The average molecular weight is 363 g/mol. The minimum Gasteiger partial charge on any atom is -0.322 e. The number of nitrogens with one attached hydrogen (secondary N) is 1. The Morgan fingerprint density at radius 3 is 2.52 bits per heavy atom. The first-order valence-corrected chi connectivity index (χ1v) is 10.3. The minimum absolute atomic E-state index is 0.0372. The van der Waals surface area contributed by atoms with E-state index < -0.39 is 0 Å². The lowest BCUT2D eigenvalue weighted by atomic mass is 9.97. The third-order valence-electron chi connectivity index (χ3n) is 6.51. The first-order chi connectivity index (χ1) is 13.1. The number of hydrogen-bond donors (Lipinski definition) is 1. The van der Waals surface area contributed by atoms with Crippen LogP contribution >= 0.6 is 0 Å². The first-order valence-electron chi connectivity index (χ1n) is 10.3. The van der Waals surface area contributed by atoms with Crippen molar-refractivity contribution in [3.63, 3.8) is 0 Å². The highest BCUT2D eigenvalue weighted by Gasteiger charge is 2.34. The zero-order valence-electron chi connectivity index (χ0n) is 16.4. The van der Waals surface area contributed by atoms with Gasteiger partial charge < -0.3 is 5.32 Å². The molecule has 1 saturated carbocycles. The van der Waals surface area contributed by atoms with E-state index in [1.165, 1.54) is 44.2 Å². The van der Waals surface area contributed by atoms with Crippen LogP contribution in [-0.4, -0.2) is 29.4 Å². The topological polar surface area (TPSA) is 32.3 Å². The van der Waals surface area contributed by atoms with Crippen molar-refractivity contribution in [1.82, 2.24) is 4.90 Å². The maximum absolute atomic E-state index is 12.5. The number of likely N-dealkylation sites (tertiary alicyclic amines) is 1. The molecule has 2 aromatic rings. The number of carbonyl (C=O) groups excluding carboxylic acids is 1. The zero-order valence-corrected chi connectivity index (χ0v) is 16.4. The second-order valence-corrected chi connectivity index (χ2v) is 8.28. The van der Waals surface area contributed by atoms with Crippen molar-refractivity contribution in [3.8, 4) is 0 Å². The van der Waals surface area contributed by atoms with Crippen LogP contribution in [0, 0.1) is 6.92 Å². The summed E-state index contributed by atoms with van der Waals surface area (Å²) in [6.07, 6.45) is 6.59. The molecule has 1 N–H and O–H groups in total. The number of aryl methyl sites for hydroxylation is 1. The Kier molecular flexibility index (Phi) is 5.31. The first kappa shape index (κ1) is 18.2. The number of benzene rings is 2. The fourth-order valence-corrected chi connectivity index (χ4v) is 4.92. The lowest BCUT2D eigenvalue weighted by Gasteiger charge is -2.28. The van der Waals surface area contributed by atoms with Crippen LogP contribution in [0.4, 0.5) is 5.69 Å². The molecule has 2 aliphatic rings. The maximum Gasteiger partial charge on any atom is 0.255 e. The minimum atomic E-state index is -0.0372. The molecule has 3 atom stereocenters. The second kappa shape index (κ2) is 7.85. The quantitative estimate of drug-likeness (QED) is 0.793. The molecular formula is C24H30N2O. The molecule has 27 heavy (non-hydrogen) atoms. The Hall–Kier alpha value is -2.13. The van der Waals surface area contributed by atoms with Gasteiger partial charge in [0.1, 0.15) is 0 Å². The summed E-state index contributed by atoms with van der Waals surface area (Å²) < 4.78 is 0. The molecule has 1 aliphatic heterocycles. The van der Waals surface area contributed by atoms with Crippen molar-refractivity contribution in [3.05, 3.63) is 65.2 Å². The van der Waals surface area contributed by atoms with E-state index in [1.807, 2.05) is 31.2 Å². The van der Waals surface area contributed by atoms with E-state index in [0.717, 1.165) is 28.9 Å². The van der Waals surface area contributed by atoms with Gasteiger partial charge in [0, 0.05) is 23.3 Å². The molecule has 142 valence electrons. The molecule has 2 aromatic carbocycles. The van der Waals surface area contributed by atoms with Gasteiger partial charge in [-0.3, -0.25) is 9.69 Å². The van der Waals surface area contributed by atoms with Crippen molar-refractivity contribution in [2.75, 3.05) is 11.9 Å². The second-order valence-electron chi connectivity index (χ2n) is 8.28. The van der Waals surface area contributed by atoms with Gasteiger partial charge in [-0.25, -0.2) is 0 Å². The number of rotatable bonds is 4. The van der Waals surface area contributed by atoms with Gasteiger partial charge in [-0.05, 0) is 87.7 Å². The monoisotopic (exact) mass is 362 g/mol. The van der Waals surface area contributed by atoms with E-state index in [0.29, 0.717) is 5.92 Å². The highest BCUT2D eigenvalue weighted by molar-refractivity contribution is 6.05. The molecule has 1 aliphatic carbocycles. The third-order valence-corrected chi connectivity index (χ3v) is 6.51. The van der Waals surface area contributed by atoms with Crippen molar-refractivity contribution < 1.29 is 4.79 Å². The molecule has 1 amide bonds.